The fraction of sp³-hybridized carbons (Fsp3) is 0.417. The molecule has 0 radical (unpaired) electrons. The summed E-state index contributed by atoms with van der Waals surface area (Å²) in [6.45, 7) is 2.49. The van der Waals surface area contributed by atoms with Gasteiger partial charge in [-0.3, -0.25) is 4.79 Å². The number of rotatable bonds is 6. The molecule has 0 fully saturated rings. The molecule has 0 saturated carbocycles. The molecule has 1 amide bonds. The maximum atomic E-state index is 11.8. The Morgan fingerprint density at radius 3 is 2.78 bits per heavy atom. The predicted molar refractivity (Wildman–Crippen MR) is 71.3 cm³/mol. The van der Waals surface area contributed by atoms with Gasteiger partial charge in [-0.2, -0.15) is 0 Å². The lowest BCUT2D eigenvalue weighted by molar-refractivity contribution is 0.0944. The van der Waals surface area contributed by atoms with Gasteiger partial charge in [-0.1, -0.05) is 0 Å². The van der Waals surface area contributed by atoms with Crippen LogP contribution in [0.5, 0.6) is 11.5 Å². The number of hydrogen-bond donors (Lipinski definition) is 2. The molecule has 0 aliphatic heterocycles. The van der Waals surface area contributed by atoms with Crippen molar-refractivity contribution in [1.82, 2.24) is 5.32 Å². The average Bonchev–Trinajstić information content (AvgIpc) is 2.38. The average molecular weight is 318 g/mol. The third-order valence-electron chi connectivity index (χ3n) is 2.18. The summed E-state index contributed by atoms with van der Waals surface area (Å²) >= 11 is 3.34. The van der Waals surface area contributed by atoms with Crippen LogP contribution in [0.15, 0.2) is 16.6 Å². The number of benzene rings is 1. The normalized spacial score (nSPS) is 10.0. The molecule has 1 rings (SSSR count). The van der Waals surface area contributed by atoms with Gasteiger partial charge in [0, 0.05) is 12.1 Å². The summed E-state index contributed by atoms with van der Waals surface area (Å²) in [5.74, 6) is 0.783. The van der Waals surface area contributed by atoms with E-state index in [0.717, 1.165) is 0 Å². The maximum absolute atomic E-state index is 11.8. The van der Waals surface area contributed by atoms with Crippen molar-refractivity contribution in [2.75, 3.05) is 26.9 Å². The van der Waals surface area contributed by atoms with Crippen molar-refractivity contribution in [3.8, 4) is 11.5 Å². The lowest BCUT2D eigenvalue weighted by atomic mass is 10.2. The lowest BCUT2D eigenvalue weighted by Crippen LogP contribution is -2.26. The van der Waals surface area contributed by atoms with Crippen LogP contribution in [0.1, 0.15) is 17.3 Å². The minimum Gasteiger partial charge on any atom is -0.493 e. The van der Waals surface area contributed by atoms with E-state index in [-0.39, 0.29) is 19.1 Å². The summed E-state index contributed by atoms with van der Waals surface area (Å²) in [7, 11) is 1.51. The largest absolute Gasteiger partial charge is 0.493 e. The molecule has 6 heteroatoms. The van der Waals surface area contributed by atoms with Gasteiger partial charge < -0.3 is 19.9 Å². The highest BCUT2D eigenvalue weighted by molar-refractivity contribution is 9.10. The number of methoxy groups -OCH3 is 1. The first-order valence-corrected chi connectivity index (χ1v) is 6.32. The minimum atomic E-state index is -0.272. The van der Waals surface area contributed by atoms with Gasteiger partial charge in [-0.15, -0.1) is 0 Å². The molecule has 1 aromatic carbocycles. The van der Waals surface area contributed by atoms with Gasteiger partial charge in [0.1, 0.15) is 0 Å². The van der Waals surface area contributed by atoms with Crippen LogP contribution in [0.3, 0.4) is 0 Å². The molecule has 5 nitrogen and oxygen atoms in total. The molecule has 0 bridgehead atoms. The minimum absolute atomic E-state index is 0.0962. The Morgan fingerprint density at radius 2 is 2.22 bits per heavy atom. The molecular formula is C12H16BrNO4. The SMILES string of the molecule is CCOc1c(Br)cc(C(=O)NCCO)cc1OC. The van der Waals surface area contributed by atoms with E-state index in [1.807, 2.05) is 6.92 Å². The van der Waals surface area contributed by atoms with Gasteiger partial charge in [-0.05, 0) is 35.0 Å². The van der Waals surface area contributed by atoms with Crippen LogP contribution in [0.2, 0.25) is 0 Å². The van der Waals surface area contributed by atoms with Crippen molar-refractivity contribution in [2.24, 2.45) is 0 Å². The first-order valence-electron chi connectivity index (χ1n) is 5.53. The third kappa shape index (κ3) is 3.61. The third-order valence-corrected chi connectivity index (χ3v) is 2.77. The van der Waals surface area contributed by atoms with Crippen molar-refractivity contribution in [3.05, 3.63) is 22.2 Å². The fourth-order valence-corrected chi connectivity index (χ4v) is 1.96. The molecule has 0 saturated heterocycles. The summed E-state index contributed by atoms with van der Waals surface area (Å²) in [5, 5.41) is 11.2. The second-order valence-electron chi connectivity index (χ2n) is 3.40. The quantitative estimate of drug-likeness (QED) is 0.836. The van der Waals surface area contributed by atoms with Crippen LogP contribution < -0.4 is 14.8 Å². The standard InChI is InChI=1S/C12H16BrNO4/c1-3-18-11-9(13)6-8(7-10(11)17-2)12(16)14-4-5-15/h6-7,15H,3-5H2,1-2H3,(H,14,16). The monoisotopic (exact) mass is 317 g/mol. The van der Waals surface area contributed by atoms with Gasteiger partial charge >= 0.3 is 0 Å². The second kappa shape index (κ2) is 7.23. The van der Waals surface area contributed by atoms with Crippen molar-refractivity contribution in [1.29, 1.82) is 0 Å². The van der Waals surface area contributed by atoms with Crippen LogP contribution in [-0.2, 0) is 0 Å². The van der Waals surface area contributed by atoms with E-state index >= 15 is 0 Å². The number of aliphatic hydroxyl groups is 1. The highest BCUT2D eigenvalue weighted by Gasteiger charge is 2.14. The first-order chi connectivity index (χ1) is 8.63. The van der Waals surface area contributed by atoms with E-state index in [0.29, 0.717) is 28.1 Å². The molecule has 0 spiro atoms. The van der Waals surface area contributed by atoms with E-state index in [1.54, 1.807) is 12.1 Å². The molecule has 0 atom stereocenters. The number of nitrogens with one attached hydrogen (secondary N) is 1. The number of carbonyl (C=O) groups excluding carboxylic acids is 1. The number of ether oxygens (including phenoxy) is 2. The van der Waals surface area contributed by atoms with Gasteiger partial charge in [0.2, 0.25) is 0 Å². The second-order valence-corrected chi connectivity index (χ2v) is 4.26. The first kappa shape index (κ1) is 14.8. The van der Waals surface area contributed by atoms with Crippen molar-refractivity contribution < 1.29 is 19.4 Å². The summed E-state index contributed by atoms with van der Waals surface area (Å²) in [6, 6.07) is 3.25. The van der Waals surface area contributed by atoms with Crippen LogP contribution >= 0.6 is 15.9 Å². The maximum Gasteiger partial charge on any atom is 0.251 e. The van der Waals surface area contributed by atoms with E-state index in [2.05, 4.69) is 21.2 Å². The predicted octanol–water partition coefficient (Wildman–Crippen LogP) is 1.58. The van der Waals surface area contributed by atoms with Crippen LogP contribution in [-0.4, -0.2) is 37.9 Å². The van der Waals surface area contributed by atoms with Crippen LogP contribution in [0.25, 0.3) is 0 Å². The Morgan fingerprint density at radius 1 is 1.50 bits per heavy atom. The summed E-state index contributed by atoms with van der Waals surface area (Å²) in [4.78, 5) is 11.8. The Balaban J connectivity index is 3.02. The fourth-order valence-electron chi connectivity index (χ4n) is 1.41. The zero-order valence-electron chi connectivity index (χ0n) is 10.3. The number of amides is 1. The zero-order valence-corrected chi connectivity index (χ0v) is 11.9. The number of hydrogen-bond acceptors (Lipinski definition) is 4. The molecule has 1 aromatic rings. The van der Waals surface area contributed by atoms with E-state index in [1.165, 1.54) is 7.11 Å². The molecule has 0 aromatic heterocycles. The highest BCUT2D eigenvalue weighted by atomic mass is 79.9. The van der Waals surface area contributed by atoms with Gasteiger partial charge in [0.05, 0.1) is 24.8 Å². The molecule has 0 aliphatic carbocycles. The van der Waals surface area contributed by atoms with E-state index in [4.69, 9.17) is 14.6 Å². The molecule has 0 unspecified atom stereocenters. The van der Waals surface area contributed by atoms with Crippen LogP contribution in [0, 0.1) is 0 Å². The molecular weight excluding hydrogens is 302 g/mol. The summed E-state index contributed by atoms with van der Waals surface area (Å²) in [6.07, 6.45) is 0. The van der Waals surface area contributed by atoms with Gasteiger partial charge in [-0.25, -0.2) is 0 Å². The molecule has 0 aliphatic rings. The van der Waals surface area contributed by atoms with Crippen molar-refractivity contribution >= 4 is 21.8 Å². The van der Waals surface area contributed by atoms with Crippen molar-refractivity contribution in [3.63, 3.8) is 0 Å². The molecule has 18 heavy (non-hydrogen) atoms. The summed E-state index contributed by atoms with van der Waals surface area (Å²) in [5.41, 5.74) is 0.440. The van der Waals surface area contributed by atoms with E-state index in [9.17, 15) is 4.79 Å². The smallest absolute Gasteiger partial charge is 0.251 e. The number of carbonyl (C=O) groups is 1. The summed E-state index contributed by atoms with van der Waals surface area (Å²) < 4.78 is 11.3. The Labute approximate surface area is 114 Å². The Kier molecular flexibility index (Phi) is 5.94. The number of halogens is 1. The van der Waals surface area contributed by atoms with Crippen LogP contribution in [0.4, 0.5) is 0 Å². The molecule has 100 valence electrons. The molecule has 0 heterocycles. The highest BCUT2D eigenvalue weighted by Crippen LogP contribution is 2.36. The van der Waals surface area contributed by atoms with Gasteiger partial charge in [0.25, 0.3) is 5.91 Å². The van der Waals surface area contributed by atoms with Crippen molar-refractivity contribution in [2.45, 2.75) is 6.92 Å². The lowest BCUT2D eigenvalue weighted by Gasteiger charge is -2.13. The Hall–Kier alpha value is -1.27. The zero-order chi connectivity index (χ0) is 13.5. The Bertz CT molecular complexity index is 423. The van der Waals surface area contributed by atoms with E-state index < -0.39 is 0 Å². The number of aliphatic hydroxyl groups excluding tert-OH is 1. The topological polar surface area (TPSA) is 67.8 Å². The van der Waals surface area contributed by atoms with Gasteiger partial charge in [0.15, 0.2) is 11.5 Å². The molecule has 2 N–H and O–H groups in total.